The van der Waals surface area contributed by atoms with E-state index in [4.69, 9.17) is 18.0 Å². The van der Waals surface area contributed by atoms with E-state index in [1.165, 1.54) is 6.07 Å². The Bertz CT molecular complexity index is 615. The van der Waals surface area contributed by atoms with Crippen LogP contribution in [0.1, 0.15) is 25.3 Å². The summed E-state index contributed by atoms with van der Waals surface area (Å²) in [6.07, 6.45) is -4.32. The Morgan fingerprint density at radius 1 is 1.38 bits per heavy atom. The third-order valence-corrected chi connectivity index (χ3v) is 4.49. The minimum absolute atomic E-state index is 0.0826. The number of benzene rings is 1. The molecule has 0 aliphatic carbocycles. The zero-order chi connectivity index (χ0) is 16.3. The van der Waals surface area contributed by atoms with Gasteiger partial charge in [-0.1, -0.05) is 31.3 Å². The van der Waals surface area contributed by atoms with Crippen LogP contribution in [-0.2, 0) is 16.2 Å². The van der Waals surface area contributed by atoms with Gasteiger partial charge >= 0.3 is 6.18 Å². The number of halogens is 3. The van der Waals surface area contributed by atoms with Gasteiger partial charge in [-0.05, 0) is 18.6 Å². The van der Waals surface area contributed by atoms with Gasteiger partial charge in [0.15, 0.2) is 0 Å². The summed E-state index contributed by atoms with van der Waals surface area (Å²) in [6, 6.07) is 3.36. The molecule has 1 aromatic rings. The largest absolute Gasteiger partial charge is 0.417 e. The zero-order valence-corrected chi connectivity index (χ0v) is 12.8. The summed E-state index contributed by atoms with van der Waals surface area (Å²) >= 11 is 4.69. The zero-order valence-electron chi connectivity index (χ0n) is 11.1. The number of hydrogen-bond donors (Lipinski definition) is 2. The van der Waals surface area contributed by atoms with E-state index in [2.05, 4.69) is 4.72 Å². The predicted molar refractivity (Wildman–Crippen MR) is 77.2 cm³/mol. The first-order chi connectivity index (χ1) is 9.58. The smallest absolute Gasteiger partial charge is 0.393 e. The van der Waals surface area contributed by atoms with E-state index in [-0.39, 0.29) is 11.4 Å². The summed E-state index contributed by atoms with van der Waals surface area (Å²) < 4.78 is 65.1. The lowest BCUT2D eigenvalue weighted by atomic mass is 10.2. The first-order valence-electron chi connectivity index (χ1n) is 6.04. The second-order valence-corrected chi connectivity index (χ2v) is 6.60. The third-order valence-electron chi connectivity index (χ3n) is 2.74. The van der Waals surface area contributed by atoms with E-state index in [9.17, 15) is 21.6 Å². The molecule has 4 nitrogen and oxygen atoms in total. The average molecular weight is 340 g/mol. The van der Waals surface area contributed by atoms with Gasteiger partial charge in [-0.2, -0.15) is 13.2 Å². The van der Waals surface area contributed by atoms with Crippen LogP contribution in [0.15, 0.2) is 29.2 Å². The summed E-state index contributed by atoms with van der Waals surface area (Å²) in [5.41, 5.74) is 4.14. The lowest BCUT2D eigenvalue weighted by molar-refractivity contribution is -0.139. The lowest BCUT2D eigenvalue weighted by Gasteiger charge is -2.18. The monoisotopic (exact) mass is 340 g/mol. The van der Waals surface area contributed by atoms with Crippen LogP contribution in [0.3, 0.4) is 0 Å². The molecule has 118 valence electrons. The van der Waals surface area contributed by atoms with Crippen LogP contribution in [0.5, 0.6) is 0 Å². The summed E-state index contributed by atoms with van der Waals surface area (Å²) in [4.78, 5) is -0.715. The first kappa shape index (κ1) is 17.9. The molecular weight excluding hydrogens is 325 g/mol. The van der Waals surface area contributed by atoms with Crippen molar-refractivity contribution in [2.24, 2.45) is 5.73 Å². The van der Waals surface area contributed by atoms with Crippen molar-refractivity contribution in [2.75, 3.05) is 0 Å². The van der Waals surface area contributed by atoms with Crippen LogP contribution in [0, 0.1) is 0 Å². The molecule has 0 bridgehead atoms. The molecule has 0 amide bonds. The van der Waals surface area contributed by atoms with Gasteiger partial charge in [-0.15, -0.1) is 0 Å². The summed E-state index contributed by atoms with van der Waals surface area (Å²) in [7, 11) is -4.32. The first-order valence-corrected chi connectivity index (χ1v) is 7.94. The minimum atomic E-state index is -4.75. The number of rotatable bonds is 6. The third kappa shape index (κ3) is 4.94. The molecule has 1 atom stereocenters. The SMILES string of the molecule is CCC(CC(N)=S)NS(=O)(=O)c1ccccc1C(F)(F)F. The highest BCUT2D eigenvalue weighted by Crippen LogP contribution is 2.33. The van der Waals surface area contributed by atoms with Crippen molar-refractivity contribution in [1.29, 1.82) is 0 Å². The maximum Gasteiger partial charge on any atom is 0.417 e. The van der Waals surface area contributed by atoms with Gasteiger partial charge < -0.3 is 5.73 Å². The highest BCUT2D eigenvalue weighted by atomic mass is 32.2. The molecule has 0 spiro atoms. The summed E-state index contributed by atoms with van der Waals surface area (Å²) in [5.74, 6) is 0. The number of thiocarbonyl (C=S) groups is 1. The summed E-state index contributed by atoms with van der Waals surface area (Å²) in [6.45, 7) is 1.68. The van der Waals surface area contributed by atoms with Crippen molar-refractivity contribution >= 4 is 27.2 Å². The van der Waals surface area contributed by atoms with Crippen molar-refractivity contribution in [3.63, 3.8) is 0 Å². The summed E-state index contributed by atoms with van der Waals surface area (Å²) in [5, 5.41) is 0. The van der Waals surface area contributed by atoms with Crippen LogP contribution in [0.4, 0.5) is 13.2 Å². The maximum absolute atomic E-state index is 12.9. The van der Waals surface area contributed by atoms with E-state index in [1.807, 2.05) is 0 Å². The fourth-order valence-electron chi connectivity index (χ4n) is 1.73. The van der Waals surface area contributed by atoms with E-state index in [1.54, 1.807) is 6.92 Å². The molecule has 0 heterocycles. The Morgan fingerprint density at radius 3 is 2.43 bits per heavy atom. The predicted octanol–water partition coefficient (Wildman–Crippen LogP) is 2.44. The van der Waals surface area contributed by atoms with Crippen molar-refractivity contribution < 1.29 is 21.6 Å². The topological polar surface area (TPSA) is 72.2 Å². The molecule has 0 saturated heterocycles. The molecule has 0 fully saturated rings. The number of hydrogen-bond acceptors (Lipinski definition) is 3. The van der Waals surface area contributed by atoms with Gasteiger partial charge in [0.2, 0.25) is 10.0 Å². The highest BCUT2D eigenvalue weighted by Gasteiger charge is 2.37. The molecular formula is C12H15F3N2O2S2. The molecule has 1 rings (SSSR count). The molecule has 0 radical (unpaired) electrons. The van der Waals surface area contributed by atoms with Gasteiger partial charge in [0, 0.05) is 12.5 Å². The van der Waals surface area contributed by atoms with E-state index >= 15 is 0 Å². The van der Waals surface area contributed by atoms with Crippen molar-refractivity contribution in [3.8, 4) is 0 Å². The Kier molecular flexibility index (Phi) is 5.71. The van der Waals surface area contributed by atoms with Crippen LogP contribution < -0.4 is 10.5 Å². The number of alkyl halides is 3. The van der Waals surface area contributed by atoms with Crippen LogP contribution >= 0.6 is 12.2 Å². The molecule has 1 aromatic carbocycles. The van der Waals surface area contributed by atoms with E-state index < -0.39 is 32.7 Å². The van der Waals surface area contributed by atoms with Crippen LogP contribution in [-0.4, -0.2) is 19.4 Å². The van der Waals surface area contributed by atoms with Gasteiger partial charge in [0.25, 0.3) is 0 Å². The van der Waals surface area contributed by atoms with E-state index in [0.717, 1.165) is 18.2 Å². The second kappa shape index (κ2) is 6.71. The average Bonchev–Trinajstić information content (AvgIpc) is 2.36. The molecule has 0 aromatic heterocycles. The number of sulfonamides is 1. The second-order valence-electron chi connectivity index (χ2n) is 4.39. The number of nitrogens with one attached hydrogen (secondary N) is 1. The van der Waals surface area contributed by atoms with Crippen LogP contribution in [0.25, 0.3) is 0 Å². The van der Waals surface area contributed by atoms with Crippen LogP contribution in [0.2, 0.25) is 0 Å². The molecule has 0 aliphatic rings. The maximum atomic E-state index is 12.9. The molecule has 1 unspecified atom stereocenters. The Hall–Kier alpha value is -1.19. The van der Waals surface area contributed by atoms with Gasteiger partial charge in [-0.25, -0.2) is 13.1 Å². The fourth-order valence-corrected chi connectivity index (χ4v) is 3.48. The molecule has 0 saturated carbocycles. The quantitative estimate of drug-likeness (QED) is 0.780. The van der Waals surface area contributed by atoms with Gasteiger partial charge in [-0.3, -0.25) is 0 Å². The molecule has 9 heteroatoms. The van der Waals surface area contributed by atoms with E-state index in [0.29, 0.717) is 6.42 Å². The normalized spacial score (nSPS) is 13.9. The molecule has 0 aliphatic heterocycles. The standard InChI is InChI=1S/C12H15F3N2O2S2/c1-2-8(7-11(16)20)17-21(18,19)10-6-4-3-5-9(10)12(13,14)15/h3-6,8,17H,2,7H2,1H3,(H2,16,20). The lowest BCUT2D eigenvalue weighted by Crippen LogP contribution is -2.37. The van der Waals surface area contributed by atoms with Gasteiger partial charge in [0.1, 0.15) is 0 Å². The van der Waals surface area contributed by atoms with Crippen molar-refractivity contribution in [2.45, 2.75) is 36.9 Å². The van der Waals surface area contributed by atoms with Crippen molar-refractivity contribution in [3.05, 3.63) is 29.8 Å². The Labute approximate surface area is 126 Å². The van der Waals surface area contributed by atoms with Gasteiger partial charge in [0.05, 0.1) is 15.4 Å². The van der Waals surface area contributed by atoms with Crippen molar-refractivity contribution in [1.82, 2.24) is 4.72 Å². The minimum Gasteiger partial charge on any atom is -0.393 e. The Morgan fingerprint density at radius 2 is 1.95 bits per heavy atom. The highest BCUT2D eigenvalue weighted by molar-refractivity contribution is 7.89. The molecule has 21 heavy (non-hydrogen) atoms. The Balaban J connectivity index is 3.17. The number of nitrogens with two attached hydrogens (primary N) is 1. The fraction of sp³-hybridized carbons (Fsp3) is 0.417. The molecule has 3 N–H and O–H groups in total.